The van der Waals surface area contributed by atoms with Crippen molar-refractivity contribution >= 4 is 34.3 Å². The Hall–Kier alpha value is -3.13. The second kappa shape index (κ2) is 6.79. The zero-order chi connectivity index (χ0) is 20.0. The average molecular weight is 393 g/mol. The van der Waals surface area contributed by atoms with Gasteiger partial charge in [0.25, 0.3) is 5.56 Å². The number of carbonyl (C=O) groups is 1. The van der Waals surface area contributed by atoms with Crippen molar-refractivity contribution in [3.63, 3.8) is 0 Å². The van der Waals surface area contributed by atoms with Crippen molar-refractivity contribution in [1.82, 2.24) is 19.2 Å². The van der Waals surface area contributed by atoms with Crippen molar-refractivity contribution in [3.05, 3.63) is 63.9 Å². The number of benzene rings is 2. The Morgan fingerprint density at radius 2 is 1.89 bits per heavy atom. The summed E-state index contributed by atoms with van der Waals surface area (Å²) in [5.41, 5.74) is 8.76. The van der Waals surface area contributed by atoms with Crippen LogP contribution >= 0.6 is 11.8 Å². The zero-order valence-corrected chi connectivity index (χ0v) is 16.5. The number of hydrogen-bond acceptors (Lipinski definition) is 5. The van der Waals surface area contributed by atoms with Crippen molar-refractivity contribution in [2.45, 2.75) is 31.2 Å². The van der Waals surface area contributed by atoms with Crippen LogP contribution in [0.1, 0.15) is 18.1 Å². The van der Waals surface area contributed by atoms with E-state index in [4.69, 9.17) is 5.73 Å². The summed E-state index contributed by atoms with van der Waals surface area (Å²) < 4.78 is 3.38. The molecule has 8 heteroatoms. The van der Waals surface area contributed by atoms with Crippen molar-refractivity contribution in [3.8, 4) is 5.69 Å². The molecule has 2 heterocycles. The Balaban J connectivity index is 2.10. The Morgan fingerprint density at radius 3 is 2.61 bits per heavy atom. The molecule has 2 aromatic carbocycles. The fourth-order valence-electron chi connectivity index (χ4n) is 3.24. The van der Waals surface area contributed by atoms with Gasteiger partial charge in [0.15, 0.2) is 5.16 Å². The maximum absolute atomic E-state index is 13.3. The van der Waals surface area contributed by atoms with Crippen molar-refractivity contribution < 1.29 is 4.79 Å². The number of nitrogens with zero attached hydrogens (tertiary/aromatic N) is 4. The molecule has 0 aliphatic heterocycles. The number of para-hydroxylation sites is 1. The molecule has 0 saturated heterocycles. The normalized spacial score (nSPS) is 12.5. The van der Waals surface area contributed by atoms with Gasteiger partial charge in [0.2, 0.25) is 11.7 Å². The van der Waals surface area contributed by atoms with Crippen LogP contribution < -0.4 is 11.3 Å². The third-order valence-corrected chi connectivity index (χ3v) is 5.73. The summed E-state index contributed by atoms with van der Waals surface area (Å²) in [6.45, 7) is 5.69. The number of aryl methyl sites for hydroxylation is 2. The van der Waals surface area contributed by atoms with Gasteiger partial charge in [0.05, 0.1) is 21.8 Å². The average Bonchev–Trinajstić information content (AvgIpc) is 3.07. The molecule has 1 atom stereocenters. The van der Waals surface area contributed by atoms with Gasteiger partial charge in [-0.15, -0.1) is 10.2 Å². The molecule has 28 heavy (non-hydrogen) atoms. The number of hydrogen-bond donors (Lipinski definition) is 1. The van der Waals surface area contributed by atoms with Gasteiger partial charge in [-0.05, 0) is 44.5 Å². The maximum Gasteiger partial charge on any atom is 0.267 e. The van der Waals surface area contributed by atoms with E-state index in [9.17, 15) is 9.59 Å². The van der Waals surface area contributed by atoms with Gasteiger partial charge in [-0.3, -0.25) is 14.0 Å². The Bertz CT molecular complexity index is 1290. The minimum absolute atomic E-state index is 0.165. The van der Waals surface area contributed by atoms with Crippen LogP contribution in [0.25, 0.3) is 22.4 Å². The SMILES string of the molecule is Cc1ccc(-n2c(=O)c3ccccc3n3c(SC(C)C(N)=O)nnc23)c(C)c1. The first-order valence-electron chi connectivity index (χ1n) is 8.81. The number of aromatic nitrogens is 4. The highest BCUT2D eigenvalue weighted by Crippen LogP contribution is 2.26. The summed E-state index contributed by atoms with van der Waals surface area (Å²) in [7, 11) is 0. The van der Waals surface area contributed by atoms with E-state index < -0.39 is 11.2 Å². The molecule has 4 rings (SSSR count). The van der Waals surface area contributed by atoms with Gasteiger partial charge in [0.1, 0.15) is 0 Å². The fraction of sp³-hybridized carbons (Fsp3) is 0.200. The number of primary amides is 1. The van der Waals surface area contributed by atoms with E-state index in [1.165, 1.54) is 11.8 Å². The number of nitrogens with two attached hydrogens (primary N) is 1. The molecule has 0 aliphatic carbocycles. The quantitative estimate of drug-likeness (QED) is 0.538. The van der Waals surface area contributed by atoms with Gasteiger partial charge in [0, 0.05) is 0 Å². The van der Waals surface area contributed by atoms with E-state index in [1.54, 1.807) is 22.0 Å². The maximum atomic E-state index is 13.3. The van der Waals surface area contributed by atoms with E-state index in [2.05, 4.69) is 10.2 Å². The van der Waals surface area contributed by atoms with Gasteiger partial charge in [-0.1, -0.05) is 41.6 Å². The number of amides is 1. The number of fused-ring (bicyclic) bond motifs is 3. The van der Waals surface area contributed by atoms with E-state index in [-0.39, 0.29) is 5.56 Å². The smallest absolute Gasteiger partial charge is 0.267 e. The highest BCUT2D eigenvalue weighted by atomic mass is 32.2. The third kappa shape index (κ3) is 2.86. The standard InChI is InChI=1S/C20H19N5O2S/c1-11-8-9-15(12(2)10-11)24-18(27)14-6-4-5-7-16(14)25-19(24)22-23-20(25)28-13(3)17(21)26/h4-10,13H,1-3H3,(H2,21,26). The fourth-order valence-corrected chi connectivity index (χ4v) is 4.05. The first kappa shape index (κ1) is 18.2. The number of thioether (sulfide) groups is 1. The van der Waals surface area contributed by atoms with Crippen molar-refractivity contribution in [2.75, 3.05) is 0 Å². The second-order valence-corrected chi connectivity index (χ2v) is 8.04. The highest BCUT2D eigenvalue weighted by molar-refractivity contribution is 8.00. The third-order valence-electron chi connectivity index (χ3n) is 4.67. The predicted octanol–water partition coefficient (Wildman–Crippen LogP) is 2.62. The van der Waals surface area contributed by atoms with Crippen LogP contribution in [0.5, 0.6) is 0 Å². The molecule has 2 aromatic heterocycles. The van der Waals surface area contributed by atoms with E-state index in [1.807, 2.05) is 50.2 Å². The molecule has 0 aliphatic rings. The topological polar surface area (TPSA) is 95.3 Å². The molecular weight excluding hydrogens is 374 g/mol. The van der Waals surface area contributed by atoms with Gasteiger partial charge in [-0.2, -0.15) is 0 Å². The molecule has 4 aromatic rings. The Labute approximate surface area is 165 Å². The molecule has 7 nitrogen and oxygen atoms in total. The number of carbonyl (C=O) groups excluding carboxylic acids is 1. The highest BCUT2D eigenvalue weighted by Gasteiger charge is 2.21. The van der Waals surface area contributed by atoms with E-state index in [0.29, 0.717) is 21.8 Å². The van der Waals surface area contributed by atoms with Gasteiger partial charge >= 0.3 is 0 Å². The summed E-state index contributed by atoms with van der Waals surface area (Å²) in [6.07, 6.45) is 0. The molecule has 2 N–H and O–H groups in total. The lowest BCUT2D eigenvalue weighted by molar-refractivity contribution is -0.117. The molecular formula is C20H19N5O2S. The summed E-state index contributed by atoms with van der Waals surface area (Å²) in [6, 6.07) is 13.2. The lowest BCUT2D eigenvalue weighted by Crippen LogP contribution is -2.24. The van der Waals surface area contributed by atoms with Crippen LogP contribution in [-0.2, 0) is 4.79 Å². The Kier molecular flexibility index (Phi) is 4.43. The molecule has 0 spiro atoms. The summed E-state index contributed by atoms with van der Waals surface area (Å²) in [5, 5.41) is 9.11. The largest absolute Gasteiger partial charge is 0.369 e. The van der Waals surface area contributed by atoms with E-state index >= 15 is 0 Å². The molecule has 0 fully saturated rings. The lowest BCUT2D eigenvalue weighted by atomic mass is 10.1. The first-order valence-corrected chi connectivity index (χ1v) is 9.69. The summed E-state index contributed by atoms with van der Waals surface area (Å²) in [5.74, 6) is -0.0384. The van der Waals surface area contributed by atoms with Crippen LogP contribution in [0.15, 0.2) is 52.4 Å². The monoisotopic (exact) mass is 393 g/mol. The Morgan fingerprint density at radius 1 is 1.14 bits per heavy atom. The summed E-state index contributed by atoms with van der Waals surface area (Å²) >= 11 is 1.22. The second-order valence-electron chi connectivity index (χ2n) is 6.73. The molecule has 0 saturated carbocycles. The van der Waals surface area contributed by atoms with Gasteiger partial charge < -0.3 is 5.73 Å². The number of rotatable bonds is 4. The van der Waals surface area contributed by atoms with Crippen LogP contribution in [0.2, 0.25) is 0 Å². The minimum Gasteiger partial charge on any atom is -0.369 e. The van der Waals surface area contributed by atoms with E-state index in [0.717, 1.165) is 16.8 Å². The van der Waals surface area contributed by atoms with Crippen LogP contribution in [-0.4, -0.2) is 30.3 Å². The van der Waals surface area contributed by atoms with Crippen LogP contribution in [0, 0.1) is 13.8 Å². The summed E-state index contributed by atoms with van der Waals surface area (Å²) in [4.78, 5) is 24.9. The first-order chi connectivity index (χ1) is 13.4. The van der Waals surface area contributed by atoms with Crippen LogP contribution in [0.4, 0.5) is 0 Å². The van der Waals surface area contributed by atoms with Crippen molar-refractivity contribution in [1.29, 1.82) is 0 Å². The molecule has 1 unspecified atom stereocenters. The molecule has 0 bridgehead atoms. The van der Waals surface area contributed by atoms with Gasteiger partial charge in [-0.25, -0.2) is 4.57 Å². The molecule has 142 valence electrons. The molecule has 0 radical (unpaired) electrons. The van der Waals surface area contributed by atoms with Crippen molar-refractivity contribution in [2.24, 2.45) is 5.73 Å². The zero-order valence-electron chi connectivity index (χ0n) is 15.7. The minimum atomic E-state index is -0.479. The van der Waals surface area contributed by atoms with Crippen LogP contribution in [0.3, 0.4) is 0 Å². The lowest BCUT2D eigenvalue weighted by Gasteiger charge is -2.14. The predicted molar refractivity (Wildman–Crippen MR) is 110 cm³/mol. The molecule has 1 amide bonds.